The van der Waals surface area contributed by atoms with Crippen LogP contribution >= 0.6 is 0 Å². The first-order chi connectivity index (χ1) is 14.6. The van der Waals surface area contributed by atoms with E-state index in [9.17, 15) is 32.7 Å². The summed E-state index contributed by atoms with van der Waals surface area (Å²) in [7, 11) is 0. The number of alkyl halides is 3. The zero-order valence-corrected chi connectivity index (χ0v) is 16.8. The summed E-state index contributed by atoms with van der Waals surface area (Å²) in [5.41, 5.74) is -0.309. The van der Waals surface area contributed by atoms with Crippen LogP contribution in [0.4, 0.5) is 13.2 Å². The predicted molar refractivity (Wildman–Crippen MR) is 107 cm³/mol. The fraction of sp³-hybridized carbons (Fsp3) is 0.318. The molecule has 0 heterocycles. The molecular weight excluding hydrogens is 413 g/mol. The van der Waals surface area contributed by atoms with Crippen molar-refractivity contribution in [1.29, 1.82) is 0 Å². The van der Waals surface area contributed by atoms with Crippen molar-refractivity contribution in [3.05, 3.63) is 71.3 Å². The van der Waals surface area contributed by atoms with Crippen molar-refractivity contribution < 1.29 is 32.7 Å². The van der Waals surface area contributed by atoms with Gasteiger partial charge in [0, 0.05) is 19.3 Å². The molecule has 2 amide bonds. The van der Waals surface area contributed by atoms with Crippen LogP contribution in [0.3, 0.4) is 0 Å². The largest absolute Gasteiger partial charge is 0.480 e. The zero-order valence-electron chi connectivity index (χ0n) is 16.8. The number of hydrogen-bond acceptors (Lipinski definition) is 3. The van der Waals surface area contributed by atoms with Gasteiger partial charge in [-0.1, -0.05) is 48.5 Å². The molecule has 2 aromatic rings. The van der Waals surface area contributed by atoms with E-state index in [1.165, 1.54) is 18.2 Å². The Labute approximate surface area is 177 Å². The third-order valence-electron chi connectivity index (χ3n) is 4.64. The molecule has 0 spiro atoms. The molecule has 3 N–H and O–H groups in total. The van der Waals surface area contributed by atoms with Gasteiger partial charge in [-0.25, -0.2) is 4.79 Å². The van der Waals surface area contributed by atoms with Crippen molar-refractivity contribution in [2.45, 2.75) is 44.4 Å². The van der Waals surface area contributed by atoms with E-state index in [-0.39, 0.29) is 24.4 Å². The number of halogens is 3. The summed E-state index contributed by atoms with van der Waals surface area (Å²) >= 11 is 0. The van der Waals surface area contributed by atoms with Gasteiger partial charge in [-0.2, -0.15) is 13.2 Å². The van der Waals surface area contributed by atoms with E-state index >= 15 is 0 Å². The number of benzene rings is 2. The van der Waals surface area contributed by atoms with Gasteiger partial charge >= 0.3 is 12.1 Å². The zero-order chi connectivity index (χ0) is 23.0. The Hall–Kier alpha value is -3.36. The number of aliphatic carboxylic acids is 1. The Kier molecular flexibility index (Phi) is 8.18. The highest BCUT2D eigenvalue weighted by Crippen LogP contribution is 2.32. The lowest BCUT2D eigenvalue weighted by Crippen LogP contribution is -2.43. The smallest absolute Gasteiger partial charge is 0.416 e. The quantitative estimate of drug-likeness (QED) is 0.561. The Bertz CT molecular complexity index is 916. The third kappa shape index (κ3) is 7.44. The van der Waals surface area contributed by atoms with Crippen LogP contribution in [0.2, 0.25) is 0 Å². The Morgan fingerprint density at radius 3 is 2.03 bits per heavy atom. The topological polar surface area (TPSA) is 95.5 Å². The number of carbonyl (C=O) groups is 3. The van der Waals surface area contributed by atoms with Crippen LogP contribution in [0.1, 0.15) is 42.5 Å². The number of nitrogens with one attached hydrogen (secondary N) is 2. The first kappa shape index (κ1) is 23.9. The molecule has 0 unspecified atom stereocenters. The molecular formula is C22H23F3N2O4. The van der Waals surface area contributed by atoms with E-state index in [4.69, 9.17) is 0 Å². The molecule has 2 aromatic carbocycles. The van der Waals surface area contributed by atoms with Crippen LogP contribution < -0.4 is 10.6 Å². The number of carboxylic acids is 1. The number of amides is 2. The van der Waals surface area contributed by atoms with Crippen LogP contribution in [-0.2, 0) is 27.0 Å². The molecule has 0 radical (unpaired) electrons. The number of carboxylic acid groups (broad SMARTS) is 1. The lowest BCUT2D eigenvalue weighted by molar-refractivity contribution is -0.143. The van der Waals surface area contributed by atoms with E-state index in [1.54, 1.807) is 6.92 Å². The average molecular weight is 436 g/mol. The molecule has 0 bridgehead atoms. The molecule has 0 aromatic heterocycles. The predicted octanol–water partition coefficient (Wildman–Crippen LogP) is 3.47. The maximum atomic E-state index is 13.1. The van der Waals surface area contributed by atoms with Crippen LogP contribution in [0.25, 0.3) is 0 Å². The van der Waals surface area contributed by atoms with Gasteiger partial charge in [0.2, 0.25) is 11.8 Å². The summed E-state index contributed by atoms with van der Waals surface area (Å²) in [4.78, 5) is 35.6. The van der Waals surface area contributed by atoms with Crippen molar-refractivity contribution in [2.75, 3.05) is 0 Å². The Morgan fingerprint density at radius 2 is 1.45 bits per heavy atom. The van der Waals surface area contributed by atoms with Gasteiger partial charge in [0.05, 0.1) is 11.6 Å². The number of rotatable bonds is 9. The SMILES string of the molecule is C[C@@H](NC(=O)CCC(=O)N[C@@H](Cc1ccccc1C(F)(F)F)C(=O)O)c1ccccc1. The highest BCUT2D eigenvalue weighted by molar-refractivity contribution is 5.87. The van der Waals surface area contributed by atoms with E-state index in [2.05, 4.69) is 10.6 Å². The monoisotopic (exact) mass is 436 g/mol. The van der Waals surface area contributed by atoms with Gasteiger partial charge in [0.15, 0.2) is 0 Å². The third-order valence-corrected chi connectivity index (χ3v) is 4.64. The van der Waals surface area contributed by atoms with E-state index in [0.29, 0.717) is 0 Å². The minimum Gasteiger partial charge on any atom is -0.480 e. The minimum absolute atomic E-state index is 0.186. The Balaban J connectivity index is 1.92. The second-order valence-electron chi connectivity index (χ2n) is 7.02. The lowest BCUT2D eigenvalue weighted by Gasteiger charge is -2.18. The van der Waals surface area contributed by atoms with Crippen LogP contribution in [-0.4, -0.2) is 28.9 Å². The van der Waals surface area contributed by atoms with Gasteiger partial charge < -0.3 is 15.7 Å². The van der Waals surface area contributed by atoms with Gasteiger partial charge in [-0.05, 0) is 24.1 Å². The van der Waals surface area contributed by atoms with Crippen molar-refractivity contribution in [3.63, 3.8) is 0 Å². The maximum Gasteiger partial charge on any atom is 0.416 e. The Morgan fingerprint density at radius 1 is 0.903 bits per heavy atom. The molecule has 0 saturated heterocycles. The molecule has 9 heteroatoms. The van der Waals surface area contributed by atoms with Crippen LogP contribution in [0, 0.1) is 0 Å². The second-order valence-corrected chi connectivity index (χ2v) is 7.02. The number of carbonyl (C=O) groups excluding carboxylic acids is 2. The van der Waals surface area contributed by atoms with E-state index in [1.807, 2.05) is 30.3 Å². The summed E-state index contributed by atoms with van der Waals surface area (Å²) in [5.74, 6) is -2.60. The fourth-order valence-electron chi connectivity index (χ4n) is 3.03. The maximum absolute atomic E-state index is 13.1. The molecule has 0 aliphatic rings. The van der Waals surface area contributed by atoms with Crippen LogP contribution in [0.15, 0.2) is 54.6 Å². The molecule has 31 heavy (non-hydrogen) atoms. The van der Waals surface area contributed by atoms with Gasteiger partial charge in [-0.15, -0.1) is 0 Å². The minimum atomic E-state index is -4.64. The summed E-state index contributed by atoms with van der Waals surface area (Å²) in [6, 6.07) is 11.9. The van der Waals surface area contributed by atoms with Crippen LogP contribution in [0.5, 0.6) is 0 Å². The van der Waals surface area contributed by atoms with Gasteiger partial charge in [0.1, 0.15) is 6.04 Å². The standard InChI is InChI=1S/C22H23F3N2O4/c1-14(15-7-3-2-4-8-15)26-19(28)11-12-20(29)27-18(21(30)31)13-16-9-5-6-10-17(16)22(23,24)25/h2-10,14,18H,11-13H2,1H3,(H,26,28)(H,27,29)(H,30,31)/t14-,18+/m1/s1. The highest BCUT2D eigenvalue weighted by Gasteiger charge is 2.34. The van der Waals surface area contributed by atoms with Gasteiger partial charge in [0.25, 0.3) is 0 Å². The second kappa shape index (κ2) is 10.6. The average Bonchev–Trinajstić information content (AvgIpc) is 2.72. The summed E-state index contributed by atoms with van der Waals surface area (Å²) in [5, 5.41) is 14.3. The van der Waals surface area contributed by atoms with Gasteiger partial charge in [-0.3, -0.25) is 9.59 Å². The molecule has 0 aliphatic heterocycles. The molecule has 0 aliphatic carbocycles. The van der Waals surface area contributed by atoms with Crippen molar-refractivity contribution >= 4 is 17.8 Å². The van der Waals surface area contributed by atoms with Crippen molar-refractivity contribution in [1.82, 2.24) is 10.6 Å². The van der Waals surface area contributed by atoms with Crippen molar-refractivity contribution in [3.8, 4) is 0 Å². The molecule has 166 valence electrons. The molecule has 0 saturated carbocycles. The normalized spacial score (nSPS) is 13.2. The molecule has 2 rings (SSSR count). The molecule has 6 nitrogen and oxygen atoms in total. The van der Waals surface area contributed by atoms with Crippen molar-refractivity contribution in [2.24, 2.45) is 0 Å². The summed E-state index contributed by atoms with van der Waals surface area (Å²) < 4.78 is 39.4. The first-order valence-corrected chi connectivity index (χ1v) is 9.59. The number of hydrogen-bond donors (Lipinski definition) is 3. The first-order valence-electron chi connectivity index (χ1n) is 9.59. The molecule has 2 atom stereocenters. The molecule has 0 fully saturated rings. The van der Waals surface area contributed by atoms with E-state index < -0.39 is 42.0 Å². The fourth-order valence-corrected chi connectivity index (χ4v) is 3.03. The highest BCUT2D eigenvalue weighted by atomic mass is 19.4. The lowest BCUT2D eigenvalue weighted by atomic mass is 9.99. The summed E-state index contributed by atoms with van der Waals surface area (Å²) in [6.45, 7) is 1.78. The van der Waals surface area contributed by atoms with E-state index in [0.717, 1.165) is 11.6 Å². The summed E-state index contributed by atoms with van der Waals surface area (Å²) in [6.07, 6.45) is -5.66.